The highest BCUT2D eigenvalue weighted by Crippen LogP contribution is 2.16. The quantitative estimate of drug-likeness (QED) is 0.0502. The molecule has 252 valence electrons. The van der Waals surface area contributed by atoms with E-state index in [0.717, 1.165) is 38.5 Å². The maximum Gasteiger partial charge on any atom is 0.266 e. The van der Waals surface area contributed by atoms with E-state index >= 15 is 0 Å². The Morgan fingerprint density at radius 2 is 0.857 bits per heavy atom. The fourth-order valence-electron chi connectivity index (χ4n) is 5.81. The second-order valence-electron chi connectivity index (χ2n) is 12.9. The number of carbonyl (C=O) groups excluding carboxylic acids is 1. The fraction of sp³-hybridized carbons (Fsp3) is 0.971. The SMILES string of the molecule is CCCCCCCCCCCCCCCCCCC(=O)NC(CS(=O)(=O)O)C(O)CCCCCCCCCCCCC. The van der Waals surface area contributed by atoms with Crippen LogP contribution in [-0.4, -0.2) is 41.9 Å². The Hall–Kier alpha value is -0.660. The average molecular weight is 618 g/mol. The highest BCUT2D eigenvalue weighted by Gasteiger charge is 2.26. The van der Waals surface area contributed by atoms with E-state index in [1.54, 1.807) is 0 Å². The van der Waals surface area contributed by atoms with Crippen LogP contribution in [-0.2, 0) is 14.9 Å². The second-order valence-corrected chi connectivity index (χ2v) is 14.4. The van der Waals surface area contributed by atoms with Gasteiger partial charge in [-0.05, 0) is 12.8 Å². The molecule has 0 heterocycles. The summed E-state index contributed by atoms with van der Waals surface area (Å²) in [4.78, 5) is 12.5. The Kier molecular flexibility index (Phi) is 29.9. The van der Waals surface area contributed by atoms with Gasteiger partial charge in [0.1, 0.15) is 0 Å². The molecule has 0 aromatic carbocycles. The molecule has 0 aromatic heterocycles. The largest absolute Gasteiger partial charge is 0.391 e. The summed E-state index contributed by atoms with van der Waals surface area (Å²) in [5.74, 6) is -0.885. The summed E-state index contributed by atoms with van der Waals surface area (Å²) < 4.78 is 32.3. The van der Waals surface area contributed by atoms with Crippen LogP contribution in [0.5, 0.6) is 0 Å². The van der Waals surface area contributed by atoms with Crippen molar-refractivity contribution in [3.63, 3.8) is 0 Å². The van der Waals surface area contributed by atoms with E-state index in [0.29, 0.717) is 12.8 Å². The van der Waals surface area contributed by atoms with Gasteiger partial charge in [-0.15, -0.1) is 0 Å². The van der Waals surface area contributed by atoms with Crippen molar-refractivity contribution in [2.45, 2.75) is 212 Å². The lowest BCUT2D eigenvalue weighted by atomic mass is 10.0. The third-order valence-corrected chi connectivity index (χ3v) is 9.34. The van der Waals surface area contributed by atoms with E-state index in [2.05, 4.69) is 19.2 Å². The predicted molar refractivity (Wildman–Crippen MR) is 180 cm³/mol. The summed E-state index contributed by atoms with van der Waals surface area (Å²) in [5, 5.41) is 13.3. The smallest absolute Gasteiger partial charge is 0.266 e. The van der Waals surface area contributed by atoms with Crippen LogP contribution < -0.4 is 5.32 Å². The summed E-state index contributed by atoms with van der Waals surface area (Å²) in [6, 6.07) is -0.961. The molecular formula is C35H71NO5S. The molecule has 0 radical (unpaired) electrons. The normalized spacial score (nSPS) is 13.3. The number of unbranched alkanes of at least 4 members (excludes halogenated alkanes) is 25. The molecule has 2 atom stereocenters. The van der Waals surface area contributed by atoms with Gasteiger partial charge in [0.15, 0.2) is 0 Å². The molecule has 0 spiro atoms. The molecule has 0 rings (SSSR count). The van der Waals surface area contributed by atoms with Crippen LogP contribution in [0.4, 0.5) is 0 Å². The van der Waals surface area contributed by atoms with Crippen molar-refractivity contribution in [3.8, 4) is 0 Å². The third-order valence-electron chi connectivity index (χ3n) is 8.56. The molecular weight excluding hydrogens is 546 g/mol. The number of aliphatic hydroxyl groups excluding tert-OH is 1. The molecule has 0 saturated carbocycles. The van der Waals surface area contributed by atoms with Gasteiger partial charge in [0.05, 0.1) is 17.9 Å². The van der Waals surface area contributed by atoms with Crippen molar-refractivity contribution < 1.29 is 22.9 Å². The van der Waals surface area contributed by atoms with Crippen LogP contribution in [0.25, 0.3) is 0 Å². The number of hydrogen-bond donors (Lipinski definition) is 3. The van der Waals surface area contributed by atoms with Crippen LogP contribution >= 0.6 is 0 Å². The molecule has 0 aliphatic carbocycles. The van der Waals surface area contributed by atoms with Gasteiger partial charge in [0, 0.05) is 6.42 Å². The monoisotopic (exact) mass is 618 g/mol. The Balaban J connectivity index is 3.87. The molecule has 6 nitrogen and oxygen atoms in total. The van der Waals surface area contributed by atoms with E-state index < -0.39 is 28.0 Å². The molecule has 2 unspecified atom stereocenters. The van der Waals surface area contributed by atoms with Gasteiger partial charge >= 0.3 is 0 Å². The van der Waals surface area contributed by atoms with Gasteiger partial charge in [0.25, 0.3) is 10.1 Å². The van der Waals surface area contributed by atoms with Crippen molar-refractivity contribution in [2.75, 3.05) is 5.75 Å². The van der Waals surface area contributed by atoms with Crippen LogP contribution in [0.15, 0.2) is 0 Å². The lowest BCUT2D eigenvalue weighted by Gasteiger charge is -2.23. The van der Waals surface area contributed by atoms with E-state index in [9.17, 15) is 22.9 Å². The summed E-state index contributed by atoms with van der Waals surface area (Å²) >= 11 is 0. The van der Waals surface area contributed by atoms with E-state index in [-0.39, 0.29) is 5.91 Å². The van der Waals surface area contributed by atoms with E-state index in [4.69, 9.17) is 0 Å². The van der Waals surface area contributed by atoms with Crippen molar-refractivity contribution in [3.05, 3.63) is 0 Å². The Labute approximate surface area is 261 Å². The minimum Gasteiger partial charge on any atom is -0.391 e. The number of amides is 1. The molecule has 0 aliphatic rings. The first-order valence-corrected chi connectivity index (χ1v) is 19.8. The molecule has 0 saturated heterocycles. The molecule has 0 aromatic rings. The first-order valence-electron chi connectivity index (χ1n) is 18.2. The molecule has 42 heavy (non-hydrogen) atoms. The van der Waals surface area contributed by atoms with E-state index in [1.165, 1.54) is 135 Å². The third kappa shape index (κ3) is 30.8. The van der Waals surface area contributed by atoms with Gasteiger partial charge in [-0.25, -0.2) is 0 Å². The average Bonchev–Trinajstić information content (AvgIpc) is 2.94. The highest BCUT2D eigenvalue weighted by atomic mass is 32.2. The van der Waals surface area contributed by atoms with Gasteiger partial charge < -0.3 is 10.4 Å². The second kappa shape index (κ2) is 30.4. The summed E-state index contributed by atoms with van der Waals surface area (Å²) in [6.07, 6.45) is 33.3. The standard InChI is InChI=1S/C35H71NO5S/c1-3-5-7-9-11-13-15-16-17-18-19-21-23-25-27-29-31-35(38)36-33(32-42(39,40)41)34(37)30-28-26-24-22-20-14-12-10-8-6-4-2/h33-34,37H,3-32H2,1-2H3,(H,36,38)(H,39,40,41). The van der Waals surface area contributed by atoms with Gasteiger partial charge in [-0.2, -0.15) is 8.42 Å². The summed E-state index contributed by atoms with van der Waals surface area (Å²) in [7, 11) is -4.29. The molecule has 0 bridgehead atoms. The Morgan fingerprint density at radius 3 is 1.19 bits per heavy atom. The van der Waals surface area contributed by atoms with Crippen molar-refractivity contribution in [1.82, 2.24) is 5.32 Å². The van der Waals surface area contributed by atoms with Gasteiger partial charge in [0.2, 0.25) is 5.91 Å². The number of nitrogens with one attached hydrogen (secondary N) is 1. The van der Waals surface area contributed by atoms with Crippen LogP contribution in [0.2, 0.25) is 0 Å². The van der Waals surface area contributed by atoms with Crippen molar-refractivity contribution in [2.24, 2.45) is 0 Å². The first kappa shape index (κ1) is 41.3. The number of hydrogen-bond acceptors (Lipinski definition) is 4. The lowest BCUT2D eigenvalue weighted by Crippen LogP contribution is -2.47. The topological polar surface area (TPSA) is 104 Å². The molecule has 3 N–H and O–H groups in total. The molecule has 1 amide bonds. The van der Waals surface area contributed by atoms with Crippen LogP contribution in [0.1, 0.15) is 200 Å². The Bertz CT molecular complexity index is 685. The maximum atomic E-state index is 12.5. The maximum absolute atomic E-state index is 12.5. The fourth-order valence-corrected chi connectivity index (χ4v) is 6.57. The lowest BCUT2D eigenvalue weighted by molar-refractivity contribution is -0.122. The van der Waals surface area contributed by atoms with E-state index in [1.807, 2.05) is 0 Å². The van der Waals surface area contributed by atoms with Crippen molar-refractivity contribution >= 4 is 16.0 Å². The minimum atomic E-state index is -4.29. The van der Waals surface area contributed by atoms with Crippen molar-refractivity contribution in [1.29, 1.82) is 0 Å². The summed E-state index contributed by atoms with van der Waals surface area (Å²) in [5.41, 5.74) is 0. The number of carbonyl (C=O) groups is 1. The molecule has 7 heteroatoms. The predicted octanol–water partition coefficient (Wildman–Crippen LogP) is 10.1. The molecule has 0 aliphatic heterocycles. The Morgan fingerprint density at radius 1 is 0.548 bits per heavy atom. The number of aliphatic hydroxyl groups is 1. The number of rotatable bonds is 33. The zero-order valence-electron chi connectivity index (χ0n) is 27.9. The first-order chi connectivity index (χ1) is 20.3. The zero-order valence-corrected chi connectivity index (χ0v) is 28.7. The summed E-state index contributed by atoms with van der Waals surface area (Å²) in [6.45, 7) is 4.50. The molecule has 0 fully saturated rings. The van der Waals surface area contributed by atoms with Crippen LogP contribution in [0.3, 0.4) is 0 Å². The highest BCUT2D eigenvalue weighted by molar-refractivity contribution is 7.85. The van der Waals surface area contributed by atoms with Gasteiger partial charge in [-0.3, -0.25) is 9.35 Å². The minimum absolute atomic E-state index is 0.244. The van der Waals surface area contributed by atoms with Crippen LogP contribution in [0, 0.1) is 0 Å². The van der Waals surface area contributed by atoms with Gasteiger partial charge in [-0.1, -0.05) is 181 Å². The zero-order chi connectivity index (χ0) is 31.2.